The molecule has 2 fully saturated rings. The summed E-state index contributed by atoms with van der Waals surface area (Å²) in [7, 11) is 0. The minimum absolute atomic E-state index is 0.00887. The summed E-state index contributed by atoms with van der Waals surface area (Å²) in [6.07, 6.45) is 25.6. The molecule has 0 bridgehead atoms. The van der Waals surface area contributed by atoms with Crippen LogP contribution in [-0.2, 0) is 19.0 Å². The largest absolute Gasteiger partial charge is 0.461 e. The van der Waals surface area contributed by atoms with Crippen LogP contribution in [0.1, 0.15) is 110 Å². The van der Waals surface area contributed by atoms with Gasteiger partial charge in [0.25, 0.3) is 0 Å². The van der Waals surface area contributed by atoms with E-state index in [-0.39, 0.29) is 30.4 Å². The van der Waals surface area contributed by atoms with Crippen molar-refractivity contribution in [3.8, 4) is 0 Å². The fraction of sp³-hybridized carbons (Fsp3) is 0.815. The number of unbranched alkanes of at least 4 members (excludes halogenated alkanes) is 6. The van der Waals surface area contributed by atoms with E-state index in [0.29, 0.717) is 0 Å². The van der Waals surface area contributed by atoms with Gasteiger partial charge in [-0.3, -0.25) is 4.79 Å². The van der Waals surface area contributed by atoms with Crippen molar-refractivity contribution >= 4 is 5.97 Å². The van der Waals surface area contributed by atoms with Crippen molar-refractivity contribution in [2.24, 2.45) is 5.92 Å². The van der Waals surface area contributed by atoms with Crippen LogP contribution in [0, 0.1) is 5.92 Å². The van der Waals surface area contributed by atoms with Gasteiger partial charge in [-0.25, -0.2) is 0 Å². The number of hydrogen-bond donors (Lipinski definition) is 0. The van der Waals surface area contributed by atoms with Gasteiger partial charge in [0.1, 0.15) is 6.10 Å². The van der Waals surface area contributed by atoms with Crippen molar-refractivity contribution in [3.05, 3.63) is 24.3 Å². The number of cyclic esters (lactones) is 1. The Bertz CT molecular complexity index is 521. The molecule has 2 heterocycles. The molecule has 0 radical (unpaired) electrons. The Morgan fingerprint density at radius 2 is 1.81 bits per heavy atom. The molecule has 0 N–H and O–H groups in total. The molecule has 0 spiro atoms. The van der Waals surface area contributed by atoms with E-state index in [2.05, 4.69) is 38.2 Å². The first-order valence-electron chi connectivity index (χ1n) is 13.0. The molecule has 4 nitrogen and oxygen atoms in total. The van der Waals surface area contributed by atoms with Gasteiger partial charge in [0, 0.05) is 13.0 Å². The van der Waals surface area contributed by atoms with Gasteiger partial charge in [-0.2, -0.15) is 0 Å². The zero-order valence-electron chi connectivity index (χ0n) is 20.1. The molecule has 0 aromatic heterocycles. The van der Waals surface area contributed by atoms with Crippen molar-refractivity contribution in [2.75, 3.05) is 6.61 Å². The maximum Gasteiger partial charge on any atom is 0.313 e. The van der Waals surface area contributed by atoms with E-state index in [0.717, 1.165) is 58.0 Å². The zero-order chi connectivity index (χ0) is 22.2. The molecule has 3 unspecified atom stereocenters. The Hall–Kier alpha value is -1.13. The molecule has 2 aliphatic rings. The first-order valence-corrected chi connectivity index (χ1v) is 13.0. The lowest BCUT2D eigenvalue weighted by atomic mass is 9.87. The second-order valence-corrected chi connectivity index (χ2v) is 9.13. The lowest BCUT2D eigenvalue weighted by molar-refractivity contribution is -0.209. The molecule has 0 saturated carbocycles. The van der Waals surface area contributed by atoms with Crippen molar-refractivity contribution in [1.29, 1.82) is 0 Å². The van der Waals surface area contributed by atoms with Crippen molar-refractivity contribution in [3.63, 3.8) is 0 Å². The predicted molar refractivity (Wildman–Crippen MR) is 127 cm³/mol. The first-order chi connectivity index (χ1) is 15.2. The predicted octanol–water partition coefficient (Wildman–Crippen LogP) is 7.27. The van der Waals surface area contributed by atoms with Gasteiger partial charge in [-0.15, -0.1) is 0 Å². The number of allylic oxidation sites excluding steroid dienone is 3. The maximum absolute atomic E-state index is 12.0. The summed E-state index contributed by atoms with van der Waals surface area (Å²) >= 11 is 0. The number of esters is 1. The third-order valence-corrected chi connectivity index (χ3v) is 6.34. The molecule has 2 aliphatic heterocycles. The summed E-state index contributed by atoms with van der Waals surface area (Å²) in [5.41, 5.74) is 0. The second kappa shape index (κ2) is 16.5. The molecule has 4 heteroatoms. The van der Waals surface area contributed by atoms with E-state index in [1.165, 1.54) is 44.9 Å². The molecule has 178 valence electrons. The van der Waals surface area contributed by atoms with Gasteiger partial charge in [0.2, 0.25) is 0 Å². The summed E-state index contributed by atoms with van der Waals surface area (Å²) in [6, 6.07) is 0. The SMILES string of the molecule is CCCCCC=CCC=CCC(CC1OC(=O)C1CCCCCC)O[C@@H]1CCCCO1. The maximum atomic E-state index is 12.0. The van der Waals surface area contributed by atoms with Gasteiger partial charge in [0.05, 0.1) is 12.0 Å². The molecule has 2 rings (SSSR count). The number of carbonyl (C=O) groups is 1. The summed E-state index contributed by atoms with van der Waals surface area (Å²) in [4.78, 5) is 12.0. The fourth-order valence-electron chi connectivity index (χ4n) is 4.35. The molecule has 0 aromatic rings. The van der Waals surface area contributed by atoms with Crippen LogP contribution >= 0.6 is 0 Å². The lowest BCUT2D eigenvalue weighted by Gasteiger charge is -2.38. The van der Waals surface area contributed by atoms with Crippen LogP contribution in [0.4, 0.5) is 0 Å². The fourth-order valence-corrected chi connectivity index (χ4v) is 4.35. The molecular weight excluding hydrogens is 388 g/mol. The van der Waals surface area contributed by atoms with E-state index >= 15 is 0 Å². The van der Waals surface area contributed by atoms with Crippen molar-refractivity contribution in [1.82, 2.24) is 0 Å². The van der Waals surface area contributed by atoms with E-state index in [1.54, 1.807) is 0 Å². The minimum atomic E-state index is -0.107. The minimum Gasteiger partial charge on any atom is -0.461 e. The summed E-state index contributed by atoms with van der Waals surface area (Å²) in [5, 5.41) is 0. The van der Waals surface area contributed by atoms with Crippen LogP contribution in [-0.4, -0.2) is 31.1 Å². The summed E-state index contributed by atoms with van der Waals surface area (Å²) < 4.78 is 17.6. The van der Waals surface area contributed by atoms with Gasteiger partial charge >= 0.3 is 5.97 Å². The second-order valence-electron chi connectivity index (χ2n) is 9.13. The van der Waals surface area contributed by atoms with Crippen LogP contribution in [0.25, 0.3) is 0 Å². The highest BCUT2D eigenvalue weighted by Crippen LogP contribution is 2.33. The molecule has 4 atom stereocenters. The van der Waals surface area contributed by atoms with E-state index in [1.807, 2.05) is 0 Å². The Kier molecular flexibility index (Phi) is 13.9. The number of hydrogen-bond acceptors (Lipinski definition) is 4. The van der Waals surface area contributed by atoms with E-state index in [9.17, 15) is 4.79 Å². The number of carbonyl (C=O) groups excluding carboxylic acids is 1. The number of ether oxygens (including phenoxy) is 3. The Morgan fingerprint density at radius 3 is 2.55 bits per heavy atom. The highest BCUT2D eigenvalue weighted by Gasteiger charge is 2.43. The Labute approximate surface area is 190 Å². The topological polar surface area (TPSA) is 44.8 Å². The molecule has 0 aliphatic carbocycles. The van der Waals surface area contributed by atoms with Crippen molar-refractivity contribution in [2.45, 2.75) is 129 Å². The monoisotopic (exact) mass is 434 g/mol. The van der Waals surface area contributed by atoms with Crippen LogP contribution in [0.5, 0.6) is 0 Å². The van der Waals surface area contributed by atoms with Crippen LogP contribution in [0.15, 0.2) is 24.3 Å². The van der Waals surface area contributed by atoms with E-state index in [4.69, 9.17) is 14.2 Å². The Morgan fingerprint density at radius 1 is 1.00 bits per heavy atom. The zero-order valence-corrected chi connectivity index (χ0v) is 20.1. The van der Waals surface area contributed by atoms with Gasteiger partial charge in [-0.1, -0.05) is 76.7 Å². The smallest absolute Gasteiger partial charge is 0.313 e. The molecule has 0 amide bonds. The van der Waals surface area contributed by atoms with Crippen LogP contribution in [0.3, 0.4) is 0 Å². The normalized spacial score (nSPS) is 25.1. The summed E-state index contributed by atoms with van der Waals surface area (Å²) in [5.74, 6) is 0.0446. The first kappa shape index (κ1) is 26.1. The highest BCUT2D eigenvalue weighted by atomic mass is 16.7. The molecule has 31 heavy (non-hydrogen) atoms. The van der Waals surface area contributed by atoms with Crippen LogP contribution < -0.4 is 0 Å². The van der Waals surface area contributed by atoms with Gasteiger partial charge in [0.15, 0.2) is 6.29 Å². The average molecular weight is 435 g/mol. The molecular formula is C27H46O4. The van der Waals surface area contributed by atoms with Gasteiger partial charge in [-0.05, 0) is 51.4 Å². The van der Waals surface area contributed by atoms with Crippen LogP contribution in [0.2, 0.25) is 0 Å². The summed E-state index contributed by atoms with van der Waals surface area (Å²) in [6.45, 7) is 5.24. The standard InChI is InChI=1S/C27H46O4/c1-3-5-7-9-10-11-12-13-14-18-23(30-26-20-16-17-21-29-26)22-25-24(27(28)31-25)19-15-8-6-4-2/h10-11,13-14,23-26H,3-9,12,15-22H2,1-2H3/t23?,24?,25?,26-/m1/s1. The Balaban J connectivity index is 1.77. The van der Waals surface area contributed by atoms with Crippen molar-refractivity contribution < 1.29 is 19.0 Å². The quantitative estimate of drug-likeness (QED) is 0.137. The highest BCUT2D eigenvalue weighted by molar-refractivity contribution is 5.78. The third kappa shape index (κ3) is 10.8. The lowest BCUT2D eigenvalue weighted by Crippen LogP contribution is -2.47. The van der Waals surface area contributed by atoms with E-state index < -0.39 is 0 Å². The number of rotatable bonds is 17. The molecule has 0 aromatic carbocycles. The van der Waals surface area contributed by atoms with Gasteiger partial charge < -0.3 is 14.2 Å². The molecule has 2 saturated heterocycles. The average Bonchev–Trinajstić information content (AvgIpc) is 2.78. The third-order valence-electron chi connectivity index (χ3n) is 6.34.